The third-order valence-electron chi connectivity index (χ3n) is 4.52. The summed E-state index contributed by atoms with van der Waals surface area (Å²) < 4.78 is 5.02. The molecule has 1 heterocycles. The molecular formula is C16H23ClINO2. The number of ether oxygens (including phenoxy) is 1. The van der Waals surface area contributed by atoms with E-state index in [0.717, 1.165) is 18.0 Å². The van der Waals surface area contributed by atoms with Crippen molar-refractivity contribution in [3.05, 3.63) is 28.8 Å². The van der Waals surface area contributed by atoms with E-state index in [1.54, 1.807) is 0 Å². The third kappa shape index (κ3) is 3.90. The first-order valence-corrected chi connectivity index (χ1v) is 7.51. The van der Waals surface area contributed by atoms with Crippen molar-refractivity contribution < 1.29 is 38.4 Å². The highest BCUT2D eigenvalue weighted by atomic mass is 127. The Hall–Kier alpha value is -0.330. The highest BCUT2D eigenvalue weighted by Gasteiger charge is 2.46. The zero-order chi connectivity index (χ0) is 14.9. The minimum absolute atomic E-state index is 0. The molecule has 0 spiro atoms. The fourth-order valence-corrected chi connectivity index (χ4v) is 3.23. The predicted molar refractivity (Wildman–Crippen MR) is 80.7 cm³/mol. The van der Waals surface area contributed by atoms with Gasteiger partial charge in [-0.2, -0.15) is 0 Å². The molecule has 1 aromatic carbocycles. The largest absolute Gasteiger partial charge is 1.00 e. The van der Waals surface area contributed by atoms with Crippen LogP contribution in [0.1, 0.15) is 39.7 Å². The second-order valence-electron chi connectivity index (χ2n) is 6.10. The van der Waals surface area contributed by atoms with Gasteiger partial charge in [-0.3, -0.25) is 9.69 Å². The van der Waals surface area contributed by atoms with Crippen LogP contribution in [0.4, 0.5) is 5.69 Å². The average Bonchev–Trinajstić information content (AvgIpc) is 2.55. The van der Waals surface area contributed by atoms with E-state index in [0.29, 0.717) is 12.6 Å². The van der Waals surface area contributed by atoms with Gasteiger partial charge in [0.25, 0.3) is 0 Å². The second kappa shape index (κ2) is 7.29. The van der Waals surface area contributed by atoms with E-state index < -0.39 is 0 Å². The number of benzene rings is 1. The number of carbonyl (C=O) groups excluding carboxylic acids is 1. The standard InChI is InChI=1S/C16H22ClNO2.HI/c1-11-16(3,4)14-10-13(17)6-7-15(14)18(11)8-5-9-20-12(2)19;/h6-7,10-11H,5,8-9H2,1-4H3;1H. The predicted octanol–water partition coefficient (Wildman–Crippen LogP) is -0.507. The maximum absolute atomic E-state index is 10.8. The van der Waals surface area contributed by atoms with Crippen LogP contribution < -0.4 is 28.9 Å². The van der Waals surface area contributed by atoms with Crippen LogP contribution in [0, 0.1) is 0 Å². The molecule has 1 aromatic rings. The molecule has 118 valence electrons. The molecule has 0 bridgehead atoms. The Balaban J connectivity index is 0.00000220. The van der Waals surface area contributed by atoms with Gasteiger partial charge in [0.2, 0.25) is 0 Å². The van der Waals surface area contributed by atoms with Crippen LogP contribution >= 0.6 is 11.6 Å². The molecule has 1 N–H and O–H groups in total. The number of fused-ring (bicyclic) bond motifs is 1. The Morgan fingerprint density at radius 2 is 2.10 bits per heavy atom. The first kappa shape index (κ1) is 18.7. The van der Waals surface area contributed by atoms with Gasteiger partial charge in [0.1, 0.15) is 5.69 Å². The van der Waals surface area contributed by atoms with Crippen molar-refractivity contribution >= 4 is 23.3 Å². The number of hydrogen-bond acceptors (Lipinski definition) is 2. The summed E-state index contributed by atoms with van der Waals surface area (Å²) >= 11 is 6.14. The van der Waals surface area contributed by atoms with Crippen molar-refractivity contribution in [2.75, 3.05) is 13.2 Å². The Morgan fingerprint density at radius 1 is 1.43 bits per heavy atom. The molecule has 2 unspecified atom stereocenters. The van der Waals surface area contributed by atoms with E-state index in [2.05, 4.69) is 32.9 Å². The molecule has 0 amide bonds. The third-order valence-corrected chi connectivity index (χ3v) is 4.76. The average molecular weight is 424 g/mol. The van der Waals surface area contributed by atoms with Crippen molar-refractivity contribution in [1.29, 1.82) is 0 Å². The molecule has 0 fully saturated rings. The van der Waals surface area contributed by atoms with Gasteiger partial charge in [-0.15, -0.1) is 0 Å². The molecule has 1 aliphatic rings. The summed E-state index contributed by atoms with van der Waals surface area (Å²) in [4.78, 5) is 12.3. The van der Waals surface area contributed by atoms with Gasteiger partial charge >= 0.3 is 5.97 Å². The number of hydrogen-bond donors (Lipinski definition) is 1. The SMILES string of the molecule is CC(=O)OCCC[NH+]1c2ccc(Cl)cc2C(C)(C)C1C.[I-]. The number of halogens is 2. The van der Waals surface area contributed by atoms with Gasteiger partial charge in [0.15, 0.2) is 0 Å². The van der Waals surface area contributed by atoms with Gasteiger partial charge in [0.05, 0.1) is 19.2 Å². The maximum Gasteiger partial charge on any atom is 0.302 e. The summed E-state index contributed by atoms with van der Waals surface area (Å²) in [7, 11) is 0. The summed E-state index contributed by atoms with van der Waals surface area (Å²) in [6.07, 6.45) is 0.872. The van der Waals surface area contributed by atoms with Crippen LogP contribution in [0.25, 0.3) is 0 Å². The quantitative estimate of drug-likeness (QED) is 0.402. The minimum atomic E-state index is -0.206. The molecular weight excluding hydrogens is 401 g/mol. The summed E-state index contributed by atoms with van der Waals surface area (Å²) in [5.41, 5.74) is 2.77. The Labute approximate surface area is 149 Å². The van der Waals surface area contributed by atoms with Gasteiger partial charge in [0, 0.05) is 35.4 Å². The smallest absolute Gasteiger partial charge is 0.302 e. The molecule has 0 aliphatic carbocycles. The van der Waals surface area contributed by atoms with Gasteiger partial charge in [-0.05, 0) is 32.9 Å². The van der Waals surface area contributed by atoms with Crippen LogP contribution in [-0.4, -0.2) is 25.2 Å². The van der Waals surface area contributed by atoms with E-state index in [-0.39, 0.29) is 35.4 Å². The lowest BCUT2D eigenvalue weighted by Crippen LogP contribution is -3.10. The van der Waals surface area contributed by atoms with Crippen LogP contribution in [0.15, 0.2) is 18.2 Å². The molecule has 2 rings (SSSR count). The van der Waals surface area contributed by atoms with Crippen molar-refractivity contribution in [1.82, 2.24) is 0 Å². The molecule has 0 radical (unpaired) electrons. The summed E-state index contributed by atoms with van der Waals surface area (Å²) in [5.74, 6) is -0.206. The molecule has 1 aliphatic heterocycles. The number of rotatable bonds is 4. The molecule has 0 aromatic heterocycles. The summed E-state index contributed by atoms with van der Waals surface area (Å²) in [5, 5.41) is 0.796. The van der Waals surface area contributed by atoms with Gasteiger partial charge in [-0.1, -0.05) is 11.6 Å². The van der Waals surface area contributed by atoms with E-state index in [1.807, 2.05) is 6.07 Å². The van der Waals surface area contributed by atoms with Gasteiger partial charge in [-0.25, -0.2) is 0 Å². The highest BCUT2D eigenvalue weighted by molar-refractivity contribution is 6.30. The van der Waals surface area contributed by atoms with Crippen LogP contribution in [0.2, 0.25) is 5.02 Å². The Kier molecular flexibility index (Phi) is 6.50. The van der Waals surface area contributed by atoms with Crippen molar-refractivity contribution in [2.45, 2.75) is 45.6 Å². The van der Waals surface area contributed by atoms with Crippen LogP contribution in [-0.2, 0) is 14.9 Å². The summed E-state index contributed by atoms with van der Waals surface area (Å²) in [6, 6.07) is 6.66. The fraction of sp³-hybridized carbons (Fsp3) is 0.562. The highest BCUT2D eigenvalue weighted by Crippen LogP contribution is 2.37. The zero-order valence-corrected chi connectivity index (χ0v) is 15.9. The van der Waals surface area contributed by atoms with Crippen molar-refractivity contribution in [3.63, 3.8) is 0 Å². The summed E-state index contributed by atoms with van der Waals surface area (Å²) in [6.45, 7) is 9.72. The minimum Gasteiger partial charge on any atom is -1.00 e. The number of esters is 1. The lowest BCUT2D eigenvalue weighted by atomic mass is 9.81. The molecule has 2 atom stereocenters. The topological polar surface area (TPSA) is 30.7 Å². The second-order valence-corrected chi connectivity index (χ2v) is 6.54. The van der Waals surface area contributed by atoms with E-state index in [9.17, 15) is 4.79 Å². The first-order valence-electron chi connectivity index (χ1n) is 7.13. The molecule has 3 nitrogen and oxygen atoms in total. The van der Waals surface area contributed by atoms with Crippen LogP contribution in [0.3, 0.4) is 0 Å². The normalized spacial score (nSPS) is 22.3. The molecule has 0 saturated heterocycles. The maximum atomic E-state index is 10.8. The van der Waals surface area contributed by atoms with E-state index >= 15 is 0 Å². The monoisotopic (exact) mass is 423 g/mol. The first-order chi connectivity index (χ1) is 9.34. The lowest BCUT2D eigenvalue weighted by molar-refractivity contribution is -0.856. The number of carbonyl (C=O) groups is 1. The number of quaternary nitrogens is 1. The zero-order valence-electron chi connectivity index (χ0n) is 13.0. The van der Waals surface area contributed by atoms with Crippen molar-refractivity contribution in [2.24, 2.45) is 0 Å². The van der Waals surface area contributed by atoms with Gasteiger partial charge < -0.3 is 28.7 Å². The molecule has 21 heavy (non-hydrogen) atoms. The lowest BCUT2D eigenvalue weighted by Gasteiger charge is -2.26. The number of nitrogens with one attached hydrogen (secondary N) is 1. The molecule has 5 heteroatoms. The van der Waals surface area contributed by atoms with E-state index in [1.165, 1.54) is 23.1 Å². The Morgan fingerprint density at radius 3 is 2.71 bits per heavy atom. The fourth-order valence-electron chi connectivity index (χ4n) is 3.06. The Bertz CT molecular complexity index is 519. The van der Waals surface area contributed by atoms with Crippen LogP contribution in [0.5, 0.6) is 0 Å². The van der Waals surface area contributed by atoms with Crippen molar-refractivity contribution in [3.8, 4) is 0 Å². The van der Waals surface area contributed by atoms with E-state index in [4.69, 9.17) is 16.3 Å². The molecule has 0 saturated carbocycles.